The van der Waals surface area contributed by atoms with Crippen molar-refractivity contribution in [1.29, 1.82) is 0 Å². The molecule has 5 rings (SSSR count). The van der Waals surface area contributed by atoms with Gasteiger partial charge in [0.2, 0.25) is 5.91 Å². The van der Waals surface area contributed by atoms with Crippen LogP contribution in [0.25, 0.3) is 0 Å². The van der Waals surface area contributed by atoms with Crippen LogP contribution in [0.3, 0.4) is 0 Å². The maximum atomic E-state index is 14.3. The molecule has 2 aromatic carbocycles. The van der Waals surface area contributed by atoms with Crippen molar-refractivity contribution < 1.29 is 14.3 Å². The summed E-state index contributed by atoms with van der Waals surface area (Å²) in [6, 6.07) is 12.1. The molecule has 0 radical (unpaired) electrons. The Morgan fingerprint density at radius 3 is 2.28 bits per heavy atom. The van der Waals surface area contributed by atoms with Gasteiger partial charge in [0.05, 0.1) is 36.5 Å². The lowest BCUT2D eigenvalue weighted by Gasteiger charge is -2.44. The van der Waals surface area contributed by atoms with E-state index in [2.05, 4.69) is 16.0 Å². The Morgan fingerprint density at radius 2 is 1.61 bits per heavy atom. The van der Waals surface area contributed by atoms with Gasteiger partial charge in [-0.15, -0.1) is 0 Å². The molecule has 1 aliphatic heterocycles. The number of hydrogen-bond donors (Lipinski definition) is 3. The lowest BCUT2D eigenvalue weighted by atomic mass is 9.71. The maximum absolute atomic E-state index is 14.3. The average Bonchev–Trinajstić information content (AvgIpc) is 3.29. The van der Waals surface area contributed by atoms with Gasteiger partial charge in [-0.3, -0.25) is 4.79 Å². The highest BCUT2D eigenvalue weighted by molar-refractivity contribution is 6.32. The molecule has 1 heterocycles. The number of halogens is 1. The van der Waals surface area contributed by atoms with Crippen LogP contribution in [0.2, 0.25) is 5.02 Å². The number of carbonyl (C=O) groups excluding carboxylic acids is 1. The Morgan fingerprint density at radius 1 is 0.917 bits per heavy atom. The number of amides is 1. The van der Waals surface area contributed by atoms with E-state index < -0.39 is 5.66 Å². The minimum atomic E-state index is -0.842. The third-order valence-electron chi connectivity index (χ3n) is 8.32. The van der Waals surface area contributed by atoms with Gasteiger partial charge in [0.25, 0.3) is 0 Å². The van der Waals surface area contributed by atoms with Crippen molar-refractivity contribution in [2.75, 3.05) is 24.9 Å². The Kier molecular flexibility index (Phi) is 7.52. The second-order valence-corrected chi connectivity index (χ2v) is 10.9. The van der Waals surface area contributed by atoms with Crippen molar-refractivity contribution in [3.05, 3.63) is 47.0 Å². The smallest absolute Gasteiger partial charge is 0.228 e. The lowest BCUT2D eigenvalue weighted by Crippen LogP contribution is -2.56. The van der Waals surface area contributed by atoms with E-state index in [1.807, 2.05) is 36.4 Å². The fourth-order valence-corrected chi connectivity index (χ4v) is 6.74. The Hall–Kier alpha value is -2.60. The summed E-state index contributed by atoms with van der Waals surface area (Å²) in [5.41, 5.74) is 1.96. The van der Waals surface area contributed by atoms with E-state index in [4.69, 9.17) is 21.1 Å². The average molecular weight is 512 g/mol. The molecule has 2 atom stereocenters. The molecule has 2 fully saturated rings. The van der Waals surface area contributed by atoms with Crippen LogP contribution in [0.15, 0.2) is 36.4 Å². The molecule has 1 amide bonds. The fraction of sp³-hybridized carbons (Fsp3) is 0.552. The topological polar surface area (TPSA) is 71.6 Å². The van der Waals surface area contributed by atoms with Crippen molar-refractivity contribution in [2.45, 2.75) is 75.9 Å². The molecule has 36 heavy (non-hydrogen) atoms. The second kappa shape index (κ2) is 10.8. The molecule has 6 nitrogen and oxygen atoms in total. The van der Waals surface area contributed by atoms with Gasteiger partial charge in [0, 0.05) is 17.7 Å². The van der Waals surface area contributed by atoms with E-state index >= 15 is 0 Å². The summed E-state index contributed by atoms with van der Waals surface area (Å²) in [7, 11) is 3.29. The lowest BCUT2D eigenvalue weighted by molar-refractivity contribution is -0.130. The van der Waals surface area contributed by atoms with Gasteiger partial charge in [-0.25, -0.2) is 0 Å². The summed E-state index contributed by atoms with van der Waals surface area (Å²) in [6.07, 6.45) is 11.3. The summed E-state index contributed by atoms with van der Waals surface area (Å²) in [4.78, 5) is 14.3. The molecule has 2 aromatic rings. The van der Waals surface area contributed by atoms with E-state index in [9.17, 15) is 4.79 Å². The van der Waals surface area contributed by atoms with E-state index in [0.717, 1.165) is 61.2 Å². The van der Waals surface area contributed by atoms with Crippen molar-refractivity contribution >= 4 is 28.9 Å². The van der Waals surface area contributed by atoms with Crippen LogP contribution >= 0.6 is 11.6 Å². The summed E-state index contributed by atoms with van der Waals surface area (Å²) < 4.78 is 10.9. The molecule has 194 valence electrons. The first kappa shape index (κ1) is 25.1. The van der Waals surface area contributed by atoms with Crippen molar-refractivity contribution in [3.8, 4) is 11.5 Å². The van der Waals surface area contributed by atoms with E-state index in [1.165, 1.54) is 25.7 Å². The molecule has 3 N–H and O–H groups in total. The molecule has 0 saturated heterocycles. The van der Waals surface area contributed by atoms with Crippen LogP contribution < -0.4 is 25.4 Å². The molecule has 2 unspecified atom stereocenters. The monoisotopic (exact) mass is 511 g/mol. The zero-order valence-electron chi connectivity index (χ0n) is 21.4. The summed E-state index contributed by atoms with van der Waals surface area (Å²) in [5.74, 6) is 1.45. The number of nitrogens with one attached hydrogen (secondary N) is 3. The number of anilines is 2. The maximum Gasteiger partial charge on any atom is 0.228 e. The largest absolute Gasteiger partial charge is 0.497 e. The third kappa shape index (κ3) is 4.84. The van der Waals surface area contributed by atoms with Crippen molar-refractivity contribution in [1.82, 2.24) is 5.32 Å². The number of rotatable bonds is 7. The van der Waals surface area contributed by atoms with Gasteiger partial charge < -0.3 is 25.4 Å². The van der Waals surface area contributed by atoms with E-state index in [1.54, 1.807) is 14.2 Å². The molecule has 0 aromatic heterocycles. The predicted octanol–water partition coefficient (Wildman–Crippen LogP) is 6.69. The molecule has 3 aliphatic rings. The molecule has 2 saturated carbocycles. The minimum Gasteiger partial charge on any atom is -0.497 e. The minimum absolute atomic E-state index is 0.125. The van der Waals surface area contributed by atoms with Gasteiger partial charge in [-0.05, 0) is 55.9 Å². The highest BCUT2D eigenvalue weighted by atomic mass is 35.5. The third-order valence-corrected chi connectivity index (χ3v) is 8.61. The Balaban J connectivity index is 1.59. The van der Waals surface area contributed by atoms with E-state index in [-0.39, 0.29) is 23.8 Å². The molecule has 0 bridgehead atoms. The molecule has 0 spiro atoms. The highest BCUT2D eigenvalue weighted by Gasteiger charge is 2.52. The first-order valence-corrected chi connectivity index (χ1v) is 13.8. The summed E-state index contributed by atoms with van der Waals surface area (Å²) in [5, 5.41) is 11.5. The van der Waals surface area contributed by atoms with Crippen LogP contribution in [0.1, 0.15) is 69.8 Å². The van der Waals surface area contributed by atoms with Crippen LogP contribution in [0.5, 0.6) is 11.5 Å². The van der Waals surface area contributed by atoms with Gasteiger partial charge in [-0.1, -0.05) is 56.2 Å². The van der Waals surface area contributed by atoms with Gasteiger partial charge >= 0.3 is 0 Å². The van der Waals surface area contributed by atoms with Gasteiger partial charge in [0.1, 0.15) is 17.2 Å². The Labute approximate surface area is 219 Å². The summed E-state index contributed by atoms with van der Waals surface area (Å²) >= 11 is 6.65. The number of hydrogen-bond acceptors (Lipinski definition) is 5. The van der Waals surface area contributed by atoms with Gasteiger partial charge in [0.15, 0.2) is 0 Å². The van der Waals surface area contributed by atoms with Crippen LogP contribution in [-0.2, 0) is 10.5 Å². The van der Waals surface area contributed by atoms with Crippen molar-refractivity contribution in [2.24, 2.45) is 11.8 Å². The number of ether oxygens (including phenoxy) is 2. The standard InChI is InChI=1S/C29H38ClN3O3/c1-35-22-14-15-24-25(18-22)33-29(32-24,20-13-16-26(36-2)23(30)17-20)27(19-9-5-3-6-10-19)28(34)31-21-11-7-4-8-12-21/h13-19,21,27,32-33H,3-12H2,1-2H3,(H,31,34). The van der Waals surface area contributed by atoms with Crippen molar-refractivity contribution in [3.63, 3.8) is 0 Å². The highest BCUT2D eigenvalue weighted by Crippen LogP contribution is 2.50. The first-order valence-electron chi connectivity index (χ1n) is 13.4. The number of fused-ring (bicyclic) bond motifs is 1. The predicted molar refractivity (Wildman–Crippen MR) is 145 cm³/mol. The fourth-order valence-electron chi connectivity index (χ4n) is 6.48. The quantitative estimate of drug-likeness (QED) is 0.386. The van der Waals surface area contributed by atoms with E-state index in [0.29, 0.717) is 10.8 Å². The summed E-state index contributed by atoms with van der Waals surface area (Å²) in [6.45, 7) is 0. The molecular formula is C29H38ClN3O3. The SMILES string of the molecule is COc1ccc2c(c1)NC(c1ccc(OC)c(Cl)c1)(C(C(=O)NC1CCCCC1)C1CCCCC1)N2. The first-order chi connectivity index (χ1) is 17.5. The number of benzene rings is 2. The Bertz CT molecular complexity index is 1080. The normalized spacial score (nSPS) is 23.2. The zero-order chi connectivity index (χ0) is 25.1. The molecule has 7 heteroatoms. The van der Waals surface area contributed by atoms with Crippen LogP contribution in [0, 0.1) is 11.8 Å². The van der Waals surface area contributed by atoms with Crippen LogP contribution in [-0.4, -0.2) is 26.2 Å². The number of carbonyl (C=O) groups is 1. The zero-order valence-corrected chi connectivity index (χ0v) is 22.1. The van der Waals surface area contributed by atoms with Gasteiger partial charge in [-0.2, -0.15) is 0 Å². The molecule has 2 aliphatic carbocycles. The molecular weight excluding hydrogens is 474 g/mol. The number of methoxy groups -OCH3 is 2. The van der Waals surface area contributed by atoms with Crippen LogP contribution in [0.4, 0.5) is 11.4 Å². The second-order valence-electron chi connectivity index (χ2n) is 10.5.